The molecule has 2 aliphatic heterocycles. The first kappa shape index (κ1) is 24.0. The van der Waals surface area contributed by atoms with E-state index in [1.807, 2.05) is 54.6 Å². The number of carbonyl (C=O) groups is 2. The number of benzene rings is 2. The number of hydrogen-bond acceptors (Lipinski definition) is 5. The lowest BCUT2D eigenvalue weighted by atomic mass is 10.2. The normalized spacial score (nSPS) is 18.4. The van der Waals surface area contributed by atoms with Crippen LogP contribution in [-0.2, 0) is 9.59 Å². The highest BCUT2D eigenvalue weighted by molar-refractivity contribution is 9.10. The number of nitrogens with one attached hydrogen (secondary N) is 1. The van der Waals surface area contributed by atoms with Gasteiger partial charge in [-0.25, -0.2) is 0 Å². The number of nitrogens with zero attached hydrogens (tertiary/aromatic N) is 3. The summed E-state index contributed by atoms with van der Waals surface area (Å²) in [5.41, 5.74) is 1.72. The Balaban J connectivity index is 1.38. The molecule has 0 radical (unpaired) electrons. The lowest BCUT2D eigenvalue weighted by molar-refractivity contribution is -0.122. The van der Waals surface area contributed by atoms with Crippen molar-refractivity contribution in [2.45, 2.75) is 11.3 Å². The van der Waals surface area contributed by atoms with Gasteiger partial charge in [0.2, 0.25) is 5.91 Å². The number of fused-ring (bicyclic) bond motifs is 1. The van der Waals surface area contributed by atoms with E-state index in [-0.39, 0.29) is 18.4 Å². The van der Waals surface area contributed by atoms with Crippen molar-refractivity contribution in [1.29, 1.82) is 0 Å². The van der Waals surface area contributed by atoms with E-state index in [1.54, 1.807) is 4.90 Å². The maximum atomic E-state index is 13.3. The van der Waals surface area contributed by atoms with Gasteiger partial charge in [0, 0.05) is 42.1 Å². The molecule has 33 heavy (non-hydrogen) atoms. The molecule has 2 aromatic carbocycles. The molecule has 4 rings (SSSR count). The van der Waals surface area contributed by atoms with Crippen LogP contribution in [0.5, 0.6) is 0 Å². The molecular weight excluding hydrogens is 500 g/mol. The molecule has 0 spiro atoms. The van der Waals surface area contributed by atoms with Crippen LogP contribution >= 0.6 is 27.7 Å². The van der Waals surface area contributed by atoms with E-state index in [0.29, 0.717) is 11.4 Å². The summed E-state index contributed by atoms with van der Waals surface area (Å²) in [6.07, 6.45) is 2.79. The average Bonchev–Trinajstić information content (AvgIpc) is 2.81. The monoisotopic (exact) mass is 528 g/mol. The van der Waals surface area contributed by atoms with Crippen LogP contribution in [0.4, 0.5) is 5.69 Å². The number of anilines is 1. The molecule has 0 unspecified atom stereocenters. The Hall–Kier alpha value is -2.13. The molecule has 0 aliphatic carbocycles. The molecule has 1 N–H and O–H groups in total. The van der Waals surface area contributed by atoms with Gasteiger partial charge in [-0.15, -0.1) is 0 Å². The Labute approximate surface area is 208 Å². The first-order valence-electron chi connectivity index (χ1n) is 11.2. The van der Waals surface area contributed by atoms with Gasteiger partial charge < -0.3 is 15.1 Å². The number of halogens is 1. The zero-order chi connectivity index (χ0) is 23.2. The quantitative estimate of drug-likeness (QED) is 0.438. The number of para-hydroxylation sites is 1. The van der Waals surface area contributed by atoms with E-state index in [2.05, 4.69) is 38.1 Å². The zero-order valence-electron chi connectivity index (χ0n) is 18.8. The summed E-state index contributed by atoms with van der Waals surface area (Å²) >= 11 is 4.93. The number of rotatable bonds is 7. The van der Waals surface area contributed by atoms with Gasteiger partial charge in [0.05, 0.1) is 10.6 Å². The summed E-state index contributed by atoms with van der Waals surface area (Å²) in [7, 11) is 2.15. The second kappa shape index (κ2) is 11.3. The van der Waals surface area contributed by atoms with Crippen molar-refractivity contribution in [2.75, 3.05) is 57.8 Å². The van der Waals surface area contributed by atoms with Crippen LogP contribution in [0.3, 0.4) is 0 Å². The molecule has 0 atom stereocenters. The van der Waals surface area contributed by atoms with Gasteiger partial charge >= 0.3 is 0 Å². The average molecular weight is 530 g/mol. The van der Waals surface area contributed by atoms with Crippen molar-refractivity contribution < 1.29 is 9.59 Å². The molecule has 1 fully saturated rings. The predicted molar refractivity (Wildman–Crippen MR) is 138 cm³/mol. The minimum Gasteiger partial charge on any atom is -0.355 e. The number of piperazine rings is 1. The highest BCUT2D eigenvalue weighted by atomic mass is 79.9. The Morgan fingerprint density at radius 1 is 1.12 bits per heavy atom. The predicted octanol–water partition coefficient (Wildman–Crippen LogP) is 3.68. The van der Waals surface area contributed by atoms with Crippen molar-refractivity contribution in [1.82, 2.24) is 15.1 Å². The molecule has 2 aliphatic rings. The van der Waals surface area contributed by atoms with E-state index >= 15 is 0 Å². The summed E-state index contributed by atoms with van der Waals surface area (Å²) in [4.78, 5) is 34.0. The molecule has 2 aromatic rings. The fraction of sp³-hybridized carbons (Fsp3) is 0.360. The molecule has 0 bridgehead atoms. The Morgan fingerprint density at radius 3 is 2.70 bits per heavy atom. The summed E-state index contributed by atoms with van der Waals surface area (Å²) in [5.74, 6) is -0.281. The van der Waals surface area contributed by atoms with Gasteiger partial charge in [-0.1, -0.05) is 52.0 Å². The van der Waals surface area contributed by atoms with Crippen LogP contribution < -0.4 is 10.2 Å². The van der Waals surface area contributed by atoms with Crippen LogP contribution in [-0.4, -0.2) is 74.5 Å². The van der Waals surface area contributed by atoms with E-state index in [4.69, 9.17) is 0 Å². The third-order valence-corrected chi connectivity index (χ3v) is 7.42. The van der Waals surface area contributed by atoms with Crippen LogP contribution in [0, 0.1) is 0 Å². The van der Waals surface area contributed by atoms with Crippen LogP contribution in [0.1, 0.15) is 12.0 Å². The van der Waals surface area contributed by atoms with E-state index < -0.39 is 0 Å². The summed E-state index contributed by atoms with van der Waals surface area (Å²) in [5, 5.41) is 3.00. The van der Waals surface area contributed by atoms with Crippen molar-refractivity contribution >= 4 is 51.3 Å². The van der Waals surface area contributed by atoms with Gasteiger partial charge in [0.15, 0.2) is 0 Å². The third-order valence-electron chi connectivity index (χ3n) is 5.85. The summed E-state index contributed by atoms with van der Waals surface area (Å²) in [6.45, 7) is 5.96. The van der Waals surface area contributed by atoms with Crippen molar-refractivity contribution in [3.05, 3.63) is 63.5 Å². The third kappa shape index (κ3) is 6.47. The number of hydrogen-bond donors (Lipinski definition) is 1. The maximum absolute atomic E-state index is 13.3. The molecule has 0 aromatic heterocycles. The molecule has 2 heterocycles. The molecule has 1 saturated heterocycles. The molecule has 2 amide bonds. The largest absolute Gasteiger partial charge is 0.355 e. The summed E-state index contributed by atoms with van der Waals surface area (Å²) in [6, 6.07) is 15.6. The topological polar surface area (TPSA) is 55.9 Å². The van der Waals surface area contributed by atoms with Crippen LogP contribution in [0.2, 0.25) is 0 Å². The molecule has 174 valence electrons. The number of thioether (sulfide) groups is 1. The SMILES string of the molecule is CN1CCN(CCCNC(=O)CN2C(=O)C(=Cc3cccc(Br)c3)Sc3ccccc32)CC1. The van der Waals surface area contributed by atoms with Gasteiger partial charge in [0.1, 0.15) is 6.54 Å². The minimum absolute atomic E-state index is 0.0146. The van der Waals surface area contributed by atoms with Crippen molar-refractivity contribution in [3.63, 3.8) is 0 Å². The van der Waals surface area contributed by atoms with Crippen molar-refractivity contribution in [2.24, 2.45) is 0 Å². The van der Waals surface area contributed by atoms with Crippen LogP contribution in [0.25, 0.3) is 6.08 Å². The Kier molecular flexibility index (Phi) is 8.25. The highest BCUT2D eigenvalue weighted by Gasteiger charge is 2.30. The van der Waals surface area contributed by atoms with Crippen molar-refractivity contribution in [3.8, 4) is 0 Å². The fourth-order valence-corrected chi connectivity index (χ4v) is 5.44. The minimum atomic E-state index is -0.147. The fourth-order valence-electron chi connectivity index (χ4n) is 3.97. The summed E-state index contributed by atoms with van der Waals surface area (Å²) < 4.78 is 0.957. The maximum Gasteiger partial charge on any atom is 0.265 e. The van der Waals surface area contributed by atoms with Crippen LogP contribution in [0.15, 0.2) is 62.8 Å². The van der Waals surface area contributed by atoms with E-state index in [1.165, 1.54) is 11.8 Å². The lowest BCUT2D eigenvalue weighted by Crippen LogP contribution is -2.45. The Bertz CT molecular complexity index is 1040. The number of likely N-dealkylation sites (N-methyl/N-ethyl adjacent to an activating group) is 1. The first-order valence-corrected chi connectivity index (χ1v) is 12.8. The number of carbonyl (C=O) groups excluding carboxylic acids is 2. The molecule has 0 saturated carbocycles. The van der Waals surface area contributed by atoms with Gasteiger partial charge in [-0.2, -0.15) is 0 Å². The van der Waals surface area contributed by atoms with Gasteiger partial charge in [0.25, 0.3) is 5.91 Å². The smallest absolute Gasteiger partial charge is 0.265 e. The highest BCUT2D eigenvalue weighted by Crippen LogP contribution is 2.41. The number of amides is 2. The molecule has 8 heteroatoms. The lowest BCUT2D eigenvalue weighted by Gasteiger charge is -2.32. The zero-order valence-corrected chi connectivity index (χ0v) is 21.2. The van der Waals surface area contributed by atoms with Gasteiger partial charge in [-0.3, -0.25) is 14.5 Å². The molecular formula is C25H29BrN4O2S. The second-order valence-electron chi connectivity index (χ2n) is 8.37. The first-order chi connectivity index (χ1) is 16.0. The molecule has 6 nitrogen and oxygen atoms in total. The standard InChI is InChI=1S/C25H29BrN4O2S/c1-28-12-14-29(15-13-28)11-5-10-27-24(31)18-30-21-8-2-3-9-22(21)33-23(25(30)32)17-19-6-4-7-20(26)16-19/h2-4,6-9,16-17H,5,10-15,18H2,1H3,(H,27,31). The van der Waals surface area contributed by atoms with E-state index in [0.717, 1.165) is 59.8 Å². The van der Waals surface area contributed by atoms with Gasteiger partial charge in [-0.05, 0) is 55.9 Å². The second-order valence-corrected chi connectivity index (χ2v) is 10.4. The van der Waals surface area contributed by atoms with E-state index in [9.17, 15) is 9.59 Å². The Morgan fingerprint density at radius 2 is 1.91 bits per heavy atom.